The lowest BCUT2D eigenvalue weighted by molar-refractivity contribution is -0.305. The SMILES string of the molecule is O=C([O-])CCNC(=O)COc1ccc(Cl)cc1Cl. The summed E-state index contributed by atoms with van der Waals surface area (Å²) in [5.41, 5.74) is 0. The molecule has 0 aliphatic carbocycles. The molecule has 7 heteroatoms. The Morgan fingerprint density at radius 1 is 1.33 bits per heavy atom. The molecule has 1 rings (SSSR count). The second kappa shape index (κ2) is 7.08. The minimum Gasteiger partial charge on any atom is -0.550 e. The summed E-state index contributed by atoms with van der Waals surface area (Å²) >= 11 is 11.5. The summed E-state index contributed by atoms with van der Waals surface area (Å²) < 4.78 is 5.15. The van der Waals surface area contributed by atoms with Gasteiger partial charge in [0.1, 0.15) is 5.75 Å². The summed E-state index contributed by atoms with van der Waals surface area (Å²) in [6, 6.07) is 4.61. The van der Waals surface area contributed by atoms with Crippen molar-refractivity contribution in [3.05, 3.63) is 28.2 Å². The second-order valence-electron chi connectivity index (χ2n) is 3.34. The number of benzene rings is 1. The Bertz CT molecular complexity index is 451. The Kier molecular flexibility index (Phi) is 5.74. The zero-order valence-corrected chi connectivity index (χ0v) is 10.8. The molecule has 0 bridgehead atoms. The van der Waals surface area contributed by atoms with Gasteiger partial charge in [0.15, 0.2) is 6.61 Å². The van der Waals surface area contributed by atoms with Crippen LogP contribution in [0.2, 0.25) is 10.0 Å². The van der Waals surface area contributed by atoms with Gasteiger partial charge >= 0.3 is 0 Å². The number of carboxylic acids is 1. The molecule has 5 nitrogen and oxygen atoms in total. The second-order valence-corrected chi connectivity index (χ2v) is 4.18. The fourth-order valence-electron chi connectivity index (χ4n) is 1.09. The maximum absolute atomic E-state index is 11.3. The van der Waals surface area contributed by atoms with Crippen LogP contribution in [0.25, 0.3) is 0 Å². The van der Waals surface area contributed by atoms with Crippen LogP contribution in [-0.2, 0) is 9.59 Å². The summed E-state index contributed by atoms with van der Waals surface area (Å²) in [5, 5.41) is 13.2. The molecule has 18 heavy (non-hydrogen) atoms. The standard InChI is InChI=1S/C11H11Cl2NO4/c12-7-1-2-9(8(13)5-7)18-6-10(15)14-4-3-11(16)17/h1-2,5H,3-4,6H2,(H,14,15)(H,16,17)/p-1. The molecule has 0 saturated carbocycles. The number of rotatable bonds is 6. The van der Waals surface area contributed by atoms with Crippen LogP contribution >= 0.6 is 23.2 Å². The van der Waals surface area contributed by atoms with Crippen LogP contribution in [-0.4, -0.2) is 25.0 Å². The predicted octanol–water partition coefficient (Wildman–Crippen LogP) is 0.628. The lowest BCUT2D eigenvalue weighted by atomic mass is 10.3. The number of hydrogen-bond acceptors (Lipinski definition) is 4. The monoisotopic (exact) mass is 290 g/mol. The third-order valence-corrected chi connectivity index (χ3v) is 2.43. The number of carbonyl (C=O) groups excluding carboxylic acids is 2. The molecule has 0 heterocycles. The molecule has 1 aromatic rings. The summed E-state index contributed by atoms with van der Waals surface area (Å²) in [6.07, 6.45) is -0.243. The van der Waals surface area contributed by atoms with E-state index in [1.54, 1.807) is 12.1 Å². The topological polar surface area (TPSA) is 78.5 Å². The minimum absolute atomic E-state index is 0.00111. The molecule has 1 N–H and O–H groups in total. The van der Waals surface area contributed by atoms with Gasteiger partial charge in [-0.25, -0.2) is 0 Å². The number of carbonyl (C=O) groups is 2. The van der Waals surface area contributed by atoms with Crippen molar-refractivity contribution in [3.8, 4) is 5.75 Å². The Morgan fingerprint density at radius 3 is 2.67 bits per heavy atom. The van der Waals surface area contributed by atoms with E-state index in [2.05, 4.69) is 5.32 Å². The highest BCUT2D eigenvalue weighted by molar-refractivity contribution is 6.35. The van der Waals surface area contributed by atoms with Crippen molar-refractivity contribution in [2.75, 3.05) is 13.2 Å². The molecule has 0 aliphatic heterocycles. The lowest BCUT2D eigenvalue weighted by Gasteiger charge is -2.09. The van der Waals surface area contributed by atoms with Crippen molar-refractivity contribution in [1.29, 1.82) is 0 Å². The first kappa shape index (κ1) is 14.6. The highest BCUT2D eigenvalue weighted by atomic mass is 35.5. The summed E-state index contributed by atoms with van der Waals surface area (Å²) in [6.45, 7) is -0.257. The fourth-order valence-corrected chi connectivity index (χ4v) is 1.55. The van der Waals surface area contributed by atoms with Crippen molar-refractivity contribution >= 4 is 35.1 Å². The number of aliphatic carboxylic acids is 1. The van der Waals surface area contributed by atoms with Gasteiger partial charge in [0, 0.05) is 24.0 Å². The first-order valence-corrected chi connectivity index (χ1v) is 5.79. The van der Waals surface area contributed by atoms with Crippen LogP contribution in [0, 0.1) is 0 Å². The summed E-state index contributed by atoms with van der Waals surface area (Å²) in [5.74, 6) is -1.34. The lowest BCUT2D eigenvalue weighted by Crippen LogP contribution is -2.33. The van der Waals surface area contributed by atoms with Gasteiger partial charge in [-0.15, -0.1) is 0 Å². The molecule has 0 fully saturated rings. The van der Waals surface area contributed by atoms with Gasteiger partial charge in [-0.05, 0) is 18.2 Å². The third-order valence-electron chi connectivity index (χ3n) is 1.90. The smallest absolute Gasteiger partial charge is 0.257 e. The largest absolute Gasteiger partial charge is 0.550 e. The quantitative estimate of drug-likeness (QED) is 0.833. The van der Waals surface area contributed by atoms with Crippen molar-refractivity contribution in [2.45, 2.75) is 6.42 Å². The van der Waals surface area contributed by atoms with E-state index in [1.807, 2.05) is 0 Å². The minimum atomic E-state index is -1.23. The molecular weight excluding hydrogens is 281 g/mol. The molecule has 0 spiro atoms. The number of halogens is 2. The zero-order valence-electron chi connectivity index (χ0n) is 9.24. The molecule has 0 radical (unpaired) electrons. The van der Waals surface area contributed by atoms with E-state index in [4.69, 9.17) is 27.9 Å². The van der Waals surface area contributed by atoms with E-state index >= 15 is 0 Å². The Hall–Kier alpha value is -1.46. The Labute approximate surface area is 114 Å². The fraction of sp³-hybridized carbons (Fsp3) is 0.273. The number of amides is 1. The molecule has 0 aliphatic rings. The number of carboxylic acid groups (broad SMARTS) is 1. The third kappa shape index (κ3) is 5.25. The van der Waals surface area contributed by atoms with E-state index in [9.17, 15) is 14.7 Å². The van der Waals surface area contributed by atoms with E-state index in [0.717, 1.165) is 0 Å². The highest BCUT2D eigenvalue weighted by Gasteiger charge is 2.05. The van der Waals surface area contributed by atoms with Gasteiger partial charge in [0.05, 0.1) is 5.02 Å². The van der Waals surface area contributed by atoms with Crippen LogP contribution < -0.4 is 15.2 Å². The van der Waals surface area contributed by atoms with E-state index in [1.165, 1.54) is 6.07 Å². The van der Waals surface area contributed by atoms with Crippen LogP contribution in [0.5, 0.6) is 5.75 Å². The van der Waals surface area contributed by atoms with Crippen LogP contribution in [0.4, 0.5) is 0 Å². The number of nitrogens with one attached hydrogen (secondary N) is 1. The number of ether oxygens (including phenoxy) is 1. The Balaban J connectivity index is 2.36. The van der Waals surface area contributed by atoms with Crippen molar-refractivity contribution < 1.29 is 19.4 Å². The van der Waals surface area contributed by atoms with Gasteiger partial charge in [-0.2, -0.15) is 0 Å². The van der Waals surface area contributed by atoms with Crippen LogP contribution in [0.1, 0.15) is 6.42 Å². The van der Waals surface area contributed by atoms with E-state index in [0.29, 0.717) is 15.8 Å². The van der Waals surface area contributed by atoms with Gasteiger partial charge < -0.3 is 20.0 Å². The molecule has 0 saturated heterocycles. The normalized spacial score (nSPS) is 9.89. The average molecular weight is 291 g/mol. The number of hydrogen-bond donors (Lipinski definition) is 1. The van der Waals surface area contributed by atoms with Crippen molar-refractivity contribution in [2.24, 2.45) is 0 Å². The van der Waals surface area contributed by atoms with Crippen molar-refractivity contribution in [3.63, 3.8) is 0 Å². The van der Waals surface area contributed by atoms with Gasteiger partial charge in [0.25, 0.3) is 5.91 Å². The molecular formula is C11H10Cl2NO4-. The predicted molar refractivity (Wildman–Crippen MR) is 64.6 cm³/mol. The van der Waals surface area contributed by atoms with E-state index < -0.39 is 11.9 Å². The first-order valence-electron chi connectivity index (χ1n) is 5.03. The first-order chi connectivity index (χ1) is 8.49. The highest BCUT2D eigenvalue weighted by Crippen LogP contribution is 2.27. The average Bonchev–Trinajstić information content (AvgIpc) is 2.27. The molecule has 0 unspecified atom stereocenters. The summed E-state index contributed by atoms with van der Waals surface area (Å²) in [7, 11) is 0. The molecule has 0 atom stereocenters. The van der Waals surface area contributed by atoms with Gasteiger partial charge in [0.2, 0.25) is 0 Å². The van der Waals surface area contributed by atoms with Crippen LogP contribution in [0.3, 0.4) is 0 Å². The van der Waals surface area contributed by atoms with Gasteiger partial charge in [-0.3, -0.25) is 4.79 Å². The van der Waals surface area contributed by atoms with Crippen molar-refractivity contribution in [1.82, 2.24) is 5.32 Å². The molecule has 0 aromatic heterocycles. The van der Waals surface area contributed by atoms with Gasteiger partial charge in [-0.1, -0.05) is 23.2 Å². The summed E-state index contributed by atoms with van der Waals surface area (Å²) in [4.78, 5) is 21.4. The maximum atomic E-state index is 11.3. The molecule has 1 aromatic carbocycles. The van der Waals surface area contributed by atoms with Crippen LogP contribution in [0.15, 0.2) is 18.2 Å². The maximum Gasteiger partial charge on any atom is 0.257 e. The van der Waals surface area contributed by atoms with E-state index in [-0.39, 0.29) is 19.6 Å². The molecule has 1 amide bonds. The molecule has 98 valence electrons. The Morgan fingerprint density at radius 2 is 2.06 bits per heavy atom. The zero-order chi connectivity index (χ0) is 13.5.